The minimum atomic E-state index is 0.184. The third-order valence-corrected chi connectivity index (χ3v) is 6.57. The predicted octanol–water partition coefficient (Wildman–Crippen LogP) is 3.87. The average Bonchev–Trinajstić information content (AvgIpc) is 3.24. The summed E-state index contributed by atoms with van der Waals surface area (Å²) in [6, 6.07) is 14.9. The van der Waals surface area contributed by atoms with Gasteiger partial charge in [0.05, 0.1) is 19.7 Å². The van der Waals surface area contributed by atoms with E-state index in [1.807, 2.05) is 16.8 Å². The van der Waals surface area contributed by atoms with Gasteiger partial charge in [-0.3, -0.25) is 4.90 Å². The summed E-state index contributed by atoms with van der Waals surface area (Å²) in [5.41, 5.74) is 5.24. The van der Waals surface area contributed by atoms with Crippen molar-refractivity contribution in [2.24, 2.45) is 5.92 Å². The molecule has 0 amide bonds. The summed E-state index contributed by atoms with van der Waals surface area (Å²) in [6.45, 7) is 13.6. The lowest BCUT2D eigenvalue weighted by atomic mass is 10.00. The highest BCUT2D eigenvalue weighted by atomic mass is 16.5. The van der Waals surface area contributed by atoms with Crippen LogP contribution < -0.4 is 9.64 Å². The molecule has 1 fully saturated rings. The van der Waals surface area contributed by atoms with Crippen molar-refractivity contribution in [2.45, 2.75) is 40.3 Å². The lowest BCUT2D eigenvalue weighted by Crippen LogP contribution is -2.49. The van der Waals surface area contributed by atoms with Crippen LogP contribution in [0.4, 0.5) is 5.69 Å². The molecule has 2 heterocycles. The van der Waals surface area contributed by atoms with Crippen molar-refractivity contribution in [1.29, 1.82) is 0 Å². The van der Waals surface area contributed by atoms with Crippen molar-refractivity contribution in [1.82, 2.24) is 25.1 Å². The lowest BCUT2D eigenvalue weighted by Gasteiger charge is -2.41. The molecule has 7 nitrogen and oxygen atoms in total. The second-order valence-corrected chi connectivity index (χ2v) is 8.97. The van der Waals surface area contributed by atoms with Gasteiger partial charge in [0.15, 0.2) is 5.82 Å². The highest BCUT2D eigenvalue weighted by Gasteiger charge is 2.31. The van der Waals surface area contributed by atoms with Gasteiger partial charge in [-0.2, -0.15) is 0 Å². The first-order valence-corrected chi connectivity index (χ1v) is 11.4. The maximum Gasteiger partial charge on any atom is 0.169 e. The van der Waals surface area contributed by atoms with Crippen molar-refractivity contribution in [3.8, 4) is 5.75 Å². The van der Waals surface area contributed by atoms with Crippen LogP contribution in [0.3, 0.4) is 0 Å². The minimum absolute atomic E-state index is 0.184. The molecule has 32 heavy (non-hydrogen) atoms. The molecule has 1 saturated heterocycles. The number of methoxy groups -OCH3 is 1. The normalized spacial score (nSPS) is 15.9. The van der Waals surface area contributed by atoms with Gasteiger partial charge in [-0.1, -0.05) is 38.1 Å². The molecule has 170 valence electrons. The van der Waals surface area contributed by atoms with E-state index in [2.05, 4.69) is 83.4 Å². The molecule has 1 atom stereocenters. The van der Waals surface area contributed by atoms with Crippen LogP contribution in [0, 0.1) is 19.8 Å². The Morgan fingerprint density at radius 1 is 0.969 bits per heavy atom. The highest BCUT2D eigenvalue weighted by molar-refractivity contribution is 5.56. The summed E-state index contributed by atoms with van der Waals surface area (Å²) in [4.78, 5) is 5.05. The Hall–Kier alpha value is -2.93. The molecule has 1 aromatic heterocycles. The summed E-state index contributed by atoms with van der Waals surface area (Å²) >= 11 is 0. The van der Waals surface area contributed by atoms with Crippen LogP contribution in [-0.4, -0.2) is 58.4 Å². The van der Waals surface area contributed by atoms with Crippen molar-refractivity contribution in [3.63, 3.8) is 0 Å². The van der Waals surface area contributed by atoms with Gasteiger partial charge in [0, 0.05) is 31.9 Å². The van der Waals surface area contributed by atoms with Crippen LogP contribution in [0.2, 0.25) is 0 Å². The second-order valence-electron chi connectivity index (χ2n) is 8.97. The third kappa shape index (κ3) is 4.63. The van der Waals surface area contributed by atoms with Gasteiger partial charge in [-0.15, -0.1) is 5.10 Å². The number of hydrogen-bond acceptors (Lipinski definition) is 6. The van der Waals surface area contributed by atoms with Crippen LogP contribution in [0.5, 0.6) is 5.75 Å². The molecule has 7 heteroatoms. The predicted molar refractivity (Wildman–Crippen MR) is 127 cm³/mol. The summed E-state index contributed by atoms with van der Waals surface area (Å²) in [5, 5.41) is 12.8. The maximum absolute atomic E-state index is 5.27. The number of benzene rings is 2. The number of tetrazole rings is 1. The first kappa shape index (κ1) is 22.3. The molecular formula is C25H34N6O. The fourth-order valence-electron chi connectivity index (χ4n) is 4.64. The van der Waals surface area contributed by atoms with Crippen molar-refractivity contribution < 1.29 is 4.74 Å². The fraction of sp³-hybridized carbons (Fsp3) is 0.480. The molecule has 0 saturated carbocycles. The van der Waals surface area contributed by atoms with Gasteiger partial charge >= 0.3 is 0 Å². The average molecular weight is 435 g/mol. The van der Waals surface area contributed by atoms with E-state index in [0.717, 1.165) is 43.3 Å². The van der Waals surface area contributed by atoms with E-state index in [9.17, 15) is 0 Å². The second kappa shape index (κ2) is 9.69. The van der Waals surface area contributed by atoms with Crippen LogP contribution in [0.25, 0.3) is 0 Å². The molecule has 1 aliphatic rings. The standard InChI is InChI=1S/C25H34N6O/c1-18(2)24(25-26-27-28-31(25)17-21-9-11-22(32-5)12-10-21)30-15-13-29(14-16-30)23-8-6-7-19(3)20(23)4/h6-12,18,24H,13-17H2,1-5H3. The Bertz CT molecular complexity index is 1020. The molecular weight excluding hydrogens is 400 g/mol. The summed E-state index contributed by atoms with van der Waals surface area (Å²) in [7, 11) is 1.68. The zero-order valence-electron chi connectivity index (χ0n) is 19.8. The van der Waals surface area contributed by atoms with Gasteiger partial charge in [-0.05, 0) is 65.1 Å². The third-order valence-electron chi connectivity index (χ3n) is 6.57. The van der Waals surface area contributed by atoms with E-state index in [1.54, 1.807) is 7.11 Å². The number of nitrogens with zero attached hydrogens (tertiary/aromatic N) is 6. The molecule has 0 N–H and O–H groups in total. The van der Waals surface area contributed by atoms with Crippen molar-refractivity contribution >= 4 is 5.69 Å². The topological polar surface area (TPSA) is 59.3 Å². The fourth-order valence-corrected chi connectivity index (χ4v) is 4.64. The molecule has 0 spiro atoms. The van der Waals surface area contributed by atoms with E-state index in [4.69, 9.17) is 4.74 Å². The maximum atomic E-state index is 5.27. The molecule has 1 aliphatic heterocycles. The lowest BCUT2D eigenvalue weighted by molar-refractivity contribution is 0.135. The van der Waals surface area contributed by atoms with E-state index in [0.29, 0.717) is 12.5 Å². The SMILES string of the molecule is COc1ccc(Cn2nnnc2C(C(C)C)N2CCN(c3cccc(C)c3C)CC2)cc1. The number of anilines is 1. The van der Waals surface area contributed by atoms with Crippen LogP contribution >= 0.6 is 0 Å². The molecule has 0 bridgehead atoms. The number of ether oxygens (including phenoxy) is 1. The number of aromatic nitrogens is 4. The van der Waals surface area contributed by atoms with E-state index in [-0.39, 0.29) is 6.04 Å². The summed E-state index contributed by atoms with van der Waals surface area (Å²) < 4.78 is 7.22. The highest BCUT2D eigenvalue weighted by Crippen LogP contribution is 2.30. The monoisotopic (exact) mass is 434 g/mol. The van der Waals surface area contributed by atoms with Crippen molar-refractivity contribution in [2.75, 3.05) is 38.2 Å². The Balaban J connectivity index is 1.49. The number of piperazine rings is 1. The van der Waals surface area contributed by atoms with Crippen LogP contribution in [0.1, 0.15) is 42.4 Å². The Kier molecular flexibility index (Phi) is 6.74. The molecule has 2 aromatic carbocycles. The van der Waals surface area contributed by atoms with Crippen LogP contribution in [-0.2, 0) is 6.54 Å². The van der Waals surface area contributed by atoms with E-state index in [1.165, 1.54) is 16.8 Å². The largest absolute Gasteiger partial charge is 0.497 e. The summed E-state index contributed by atoms with van der Waals surface area (Å²) in [5.74, 6) is 2.20. The van der Waals surface area contributed by atoms with E-state index >= 15 is 0 Å². The number of aryl methyl sites for hydroxylation is 1. The Labute approximate surface area is 191 Å². The Morgan fingerprint density at radius 2 is 1.69 bits per heavy atom. The molecule has 0 radical (unpaired) electrons. The molecule has 4 rings (SSSR count). The van der Waals surface area contributed by atoms with Gasteiger partial charge in [0.25, 0.3) is 0 Å². The smallest absolute Gasteiger partial charge is 0.169 e. The number of rotatable bonds is 7. The van der Waals surface area contributed by atoms with Crippen molar-refractivity contribution in [3.05, 3.63) is 65.0 Å². The zero-order chi connectivity index (χ0) is 22.7. The summed E-state index contributed by atoms with van der Waals surface area (Å²) in [6.07, 6.45) is 0. The van der Waals surface area contributed by atoms with Gasteiger partial charge in [0.1, 0.15) is 5.75 Å². The molecule has 3 aromatic rings. The first-order valence-electron chi connectivity index (χ1n) is 11.4. The molecule has 1 unspecified atom stereocenters. The van der Waals surface area contributed by atoms with E-state index < -0.39 is 0 Å². The zero-order valence-corrected chi connectivity index (χ0v) is 19.8. The van der Waals surface area contributed by atoms with Gasteiger partial charge < -0.3 is 9.64 Å². The first-order chi connectivity index (χ1) is 15.5. The van der Waals surface area contributed by atoms with Crippen LogP contribution in [0.15, 0.2) is 42.5 Å². The quantitative estimate of drug-likeness (QED) is 0.563. The van der Waals surface area contributed by atoms with Gasteiger partial charge in [0.2, 0.25) is 0 Å². The Morgan fingerprint density at radius 3 is 2.34 bits per heavy atom. The minimum Gasteiger partial charge on any atom is -0.497 e. The number of hydrogen-bond donors (Lipinski definition) is 0. The van der Waals surface area contributed by atoms with Gasteiger partial charge in [-0.25, -0.2) is 4.68 Å². The molecule has 0 aliphatic carbocycles.